The number of allylic oxidation sites excluding steroid dienone is 4. The van der Waals surface area contributed by atoms with Crippen LogP contribution in [0.4, 0.5) is 8.78 Å². The molecular formula is C31H42F2O7. The summed E-state index contributed by atoms with van der Waals surface area (Å²) >= 11 is 0. The van der Waals surface area contributed by atoms with E-state index >= 15 is 4.39 Å². The van der Waals surface area contributed by atoms with E-state index < -0.39 is 81.9 Å². The van der Waals surface area contributed by atoms with Crippen molar-refractivity contribution in [2.45, 2.75) is 110 Å². The largest absolute Gasteiger partial charge is 0.457 e. The zero-order valence-electron chi connectivity index (χ0n) is 24.2. The lowest BCUT2D eigenvalue weighted by Gasteiger charge is -2.62. The van der Waals surface area contributed by atoms with Gasteiger partial charge in [-0.3, -0.25) is 19.2 Å². The number of carbonyl (C=O) groups is 4. The fourth-order valence-electron chi connectivity index (χ4n) is 8.57. The molecule has 3 saturated carbocycles. The van der Waals surface area contributed by atoms with Crippen LogP contribution in [0.3, 0.4) is 0 Å². The van der Waals surface area contributed by atoms with Gasteiger partial charge in [-0.25, -0.2) is 8.78 Å². The first kappa shape index (κ1) is 30.5. The molecule has 0 aliphatic heterocycles. The molecule has 7 nitrogen and oxygen atoms in total. The Kier molecular flexibility index (Phi) is 8.22. The SMILES string of the molecule is CCCCCC(=O)OCC(=O)[C@]1(OC(=O)CC)[C@H](C)C[C@H]2[C@@H]3CCC4=C(F)C(=O)C=C[C@]4(C)[C@@]3(F)[C@@H](O)C[C@@]21C. The number of rotatable bonds is 9. The van der Waals surface area contributed by atoms with Crippen molar-refractivity contribution in [1.82, 2.24) is 0 Å². The van der Waals surface area contributed by atoms with Crippen LogP contribution in [0.15, 0.2) is 23.6 Å². The second kappa shape index (κ2) is 10.8. The van der Waals surface area contributed by atoms with E-state index in [1.165, 1.54) is 13.0 Å². The van der Waals surface area contributed by atoms with Crippen molar-refractivity contribution in [3.63, 3.8) is 0 Å². The Morgan fingerprint density at radius 2 is 1.82 bits per heavy atom. The Hall–Kier alpha value is -2.42. The first-order valence-corrected chi connectivity index (χ1v) is 14.6. The van der Waals surface area contributed by atoms with Crippen LogP contribution in [-0.2, 0) is 28.7 Å². The van der Waals surface area contributed by atoms with E-state index in [1.54, 1.807) is 20.8 Å². The second-order valence-corrected chi connectivity index (χ2v) is 12.6. The molecule has 40 heavy (non-hydrogen) atoms. The lowest BCUT2D eigenvalue weighted by molar-refractivity contribution is -0.228. The average molecular weight is 565 g/mol. The smallest absolute Gasteiger partial charge is 0.306 e. The number of esters is 2. The van der Waals surface area contributed by atoms with Crippen LogP contribution < -0.4 is 0 Å². The number of alkyl halides is 1. The normalized spacial score (nSPS) is 40.2. The fourth-order valence-corrected chi connectivity index (χ4v) is 8.57. The average Bonchev–Trinajstić information content (AvgIpc) is 3.12. The van der Waals surface area contributed by atoms with Gasteiger partial charge in [-0.1, -0.05) is 46.6 Å². The van der Waals surface area contributed by atoms with E-state index in [0.717, 1.165) is 18.9 Å². The molecule has 222 valence electrons. The Bertz CT molecular complexity index is 1150. The van der Waals surface area contributed by atoms with E-state index in [1.807, 2.05) is 6.92 Å². The van der Waals surface area contributed by atoms with Crippen LogP contribution in [0.1, 0.15) is 92.4 Å². The van der Waals surface area contributed by atoms with E-state index in [0.29, 0.717) is 12.8 Å². The summed E-state index contributed by atoms with van der Waals surface area (Å²) < 4.78 is 43.8. The standard InChI is InChI=1S/C31H42F2O7/c1-6-8-9-10-26(38)39-17-24(36)31(40-25(37)7-2)18(3)15-21-19-11-12-20-27(32)22(34)13-14-28(20,4)30(19,33)23(35)16-29(21,31)5/h13-14,18-19,21,23,35H,6-12,15-17H2,1-5H3/t18-,19+,21+,23+,28+,29+,30+,31-/m1/s1. The molecule has 8 atom stereocenters. The number of ketones is 2. The number of ether oxygens (including phenoxy) is 2. The highest BCUT2D eigenvalue weighted by molar-refractivity contribution is 6.04. The summed E-state index contributed by atoms with van der Waals surface area (Å²) in [5, 5.41) is 11.6. The number of hydrogen-bond acceptors (Lipinski definition) is 7. The van der Waals surface area contributed by atoms with Gasteiger partial charge in [0.15, 0.2) is 23.7 Å². The maximum Gasteiger partial charge on any atom is 0.306 e. The van der Waals surface area contributed by atoms with E-state index in [4.69, 9.17) is 9.47 Å². The number of fused-ring (bicyclic) bond motifs is 5. The summed E-state index contributed by atoms with van der Waals surface area (Å²) in [7, 11) is 0. The van der Waals surface area contributed by atoms with Gasteiger partial charge in [-0.2, -0.15) is 0 Å². The summed E-state index contributed by atoms with van der Waals surface area (Å²) in [6.45, 7) is 8.08. The quantitative estimate of drug-likeness (QED) is 0.300. The molecule has 0 aromatic rings. The highest BCUT2D eigenvalue weighted by Crippen LogP contribution is 2.71. The van der Waals surface area contributed by atoms with Gasteiger partial charge in [0, 0.05) is 35.5 Å². The maximum absolute atomic E-state index is 17.5. The molecule has 0 saturated heterocycles. The van der Waals surface area contributed by atoms with Gasteiger partial charge < -0.3 is 14.6 Å². The topological polar surface area (TPSA) is 107 Å². The maximum atomic E-state index is 17.5. The van der Waals surface area contributed by atoms with E-state index in [9.17, 15) is 28.7 Å². The fraction of sp³-hybridized carbons (Fsp3) is 0.742. The molecule has 0 aromatic heterocycles. The van der Waals surface area contributed by atoms with Gasteiger partial charge in [-0.05, 0) is 56.6 Å². The van der Waals surface area contributed by atoms with Gasteiger partial charge in [0.05, 0.1) is 6.10 Å². The van der Waals surface area contributed by atoms with Crippen molar-refractivity contribution >= 4 is 23.5 Å². The van der Waals surface area contributed by atoms with Crippen molar-refractivity contribution < 1.29 is 42.5 Å². The number of unbranched alkanes of at least 4 members (excludes halogenated alkanes) is 2. The van der Waals surface area contributed by atoms with Crippen LogP contribution >= 0.6 is 0 Å². The molecule has 0 unspecified atom stereocenters. The predicted molar refractivity (Wildman–Crippen MR) is 142 cm³/mol. The third-order valence-electron chi connectivity index (χ3n) is 10.6. The van der Waals surface area contributed by atoms with Crippen LogP contribution in [0.2, 0.25) is 0 Å². The van der Waals surface area contributed by atoms with Gasteiger partial charge >= 0.3 is 11.9 Å². The zero-order chi connectivity index (χ0) is 29.7. The molecule has 4 aliphatic carbocycles. The minimum atomic E-state index is -2.31. The highest BCUT2D eigenvalue weighted by atomic mass is 19.1. The summed E-state index contributed by atoms with van der Waals surface area (Å²) in [4.78, 5) is 51.2. The Labute approximate surface area is 234 Å². The van der Waals surface area contributed by atoms with Gasteiger partial charge in [0.1, 0.15) is 0 Å². The number of Topliss-reactive ketones (excluding diaryl/α,β-unsaturated/α-hetero) is 1. The van der Waals surface area contributed by atoms with Crippen LogP contribution in [0.25, 0.3) is 0 Å². The van der Waals surface area contributed by atoms with Crippen molar-refractivity contribution in [2.75, 3.05) is 6.61 Å². The van der Waals surface area contributed by atoms with E-state index in [2.05, 4.69) is 0 Å². The van der Waals surface area contributed by atoms with Crippen molar-refractivity contribution in [2.24, 2.45) is 28.6 Å². The Morgan fingerprint density at radius 3 is 2.48 bits per heavy atom. The third kappa shape index (κ3) is 4.21. The Morgan fingerprint density at radius 1 is 1.12 bits per heavy atom. The Balaban J connectivity index is 1.73. The summed E-state index contributed by atoms with van der Waals surface area (Å²) in [5.74, 6) is -5.33. The molecule has 4 aliphatic rings. The van der Waals surface area contributed by atoms with Crippen molar-refractivity contribution in [3.05, 3.63) is 23.6 Å². The molecule has 0 heterocycles. The number of carbonyl (C=O) groups excluding carboxylic acids is 4. The van der Waals surface area contributed by atoms with Crippen LogP contribution in [0.5, 0.6) is 0 Å². The zero-order valence-corrected chi connectivity index (χ0v) is 24.2. The molecule has 4 rings (SSSR count). The minimum absolute atomic E-state index is 0.00264. The number of hydrogen-bond donors (Lipinski definition) is 1. The lowest BCUT2D eigenvalue weighted by Crippen LogP contribution is -2.70. The van der Waals surface area contributed by atoms with Crippen molar-refractivity contribution in [3.8, 4) is 0 Å². The van der Waals surface area contributed by atoms with E-state index in [-0.39, 0.29) is 37.7 Å². The molecule has 3 fully saturated rings. The molecular weight excluding hydrogens is 522 g/mol. The van der Waals surface area contributed by atoms with Crippen molar-refractivity contribution in [1.29, 1.82) is 0 Å². The molecule has 0 spiro atoms. The number of aliphatic hydroxyl groups excluding tert-OH is 1. The second-order valence-electron chi connectivity index (χ2n) is 12.6. The highest BCUT2D eigenvalue weighted by Gasteiger charge is 2.77. The monoisotopic (exact) mass is 564 g/mol. The first-order valence-electron chi connectivity index (χ1n) is 14.6. The summed E-state index contributed by atoms with van der Waals surface area (Å²) in [6, 6.07) is 0. The molecule has 1 N–H and O–H groups in total. The number of aliphatic hydroxyl groups is 1. The lowest BCUT2D eigenvalue weighted by atomic mass is 9.44. The first-order chi connectivity index (χ1) is 18.7. The molecule has 0 amide bonds. The van der Waals surface area contributed by atoms with Gasteiger partial charge in [-0.15, -0.1) is 0 Å². The molecule has 0 aromatic carbocycles. The molecule has 0 bridgehead atoms. The van der Waals surface area contributed by atoms with Crippen LogP contribution in [0, 0.1) is 28.6 Å². The minimum Gasteiger partial charge on any atom is -0.457 e. The van der Waals surface area contributed by atoms with Gasteiger partial charge in [0.2, 0.25) is 11.6 Å². The third-order valence-corrected chi connectivity index (χ3v) is 10.6. The number of halogens is 2. The van der Waals surface area contributed by atoms with Gasteiger partial charge in [0.25, 0.3) is 0 Å². The van der Waals surface area contributed by atoms with Crippen LogP contribution in [-0.4, -0.2) is 52.6 Å². The molecule has 0 radical (unpaired) electrons. The molecule has 9 heteroatoms. The summed E-state index contributed by atoms with van der Waals surface area (Å²) in [5.41, 5.74) is -6.70. The predicted octanol–water partition coefficient (Wildman–Crippen LogP) is 5.29. The summed E-state index contributed by atoms with van der Waals surface area (Å²) in [6.07, 6.45) is 3.75.